The maximum atomic E-state index is 12.9. The highest BCUT2D eigenvalue weighted by molar-refractivity contribution is 5.86. The minimum atomic E-state index is -0.613. The monoisotopic (exact) mass is 472 g/mol. The van der Waals surface area contributed by atoms with Gasteiger partial charge in [0, 0.05) is 12.8 Å². The van der Waals surface area contributed by atoms with E-state index in [9.17, 15) is 19.5 Å². The molecular formula is C27H40N2O5. The molecule has 7 nitrogen and oxygen atoms in total. The SMILES string of the molecule is C=CCCCC(=O)OCC(NC(=O)C(CC=C)CC(=O)NC(CO)Cc1ccccc1)C(C)C. The highest BCUT2D eigenvalue weighted by Gasteiger charge is 2.26. The summed E-state index contributed by atoms with van der Waals surface area (Å²) < 4.78 is 5.34. The van der Waals surface area contributed by atoms with E-state index in [2.05, 4.69) is 23.8 Å². The smallest absolute Gasteiger partial charge is 0.305 e. The number of carbonyl (C=O) groups excluding carboxylic acids is 3. The van der Waals surface area contributed by atoms with Crippen LogP contribution in [-0.2, 0) is 25.5 Å². The normalized spacial score (nSPS) is 13.4. The van der Waals surface area contributed by atoms with Crippen LogP contribution in [0, 0.1) is 11.8 Å². The number of amides is 2. The first kappa shape index (κ1) is 29.1. The van der Waals surface area contributed by atoms with E-state index in [0.717, 1.165) is 12.0 Å². The summed E-state index contributed by atoms with van der Waals surface area (Å²) in [5.74, 6) is -1.49. The van der Waals surface area contributed by atoms with E-state index in [1.54, 1.807) is 12.2 Å². The number of ether oxygens (including phenoxy) is 1. The largest absolute Gasteiger partial charge is 0.463 e. The van der Waals surface area contributed by atoms with Gasteiger partial charge in [-0.2, -0.15) is 0 Å². The molecule has 1 aromatic carbocycles. The van der Waals surface area contributed by atoms with Crippen molar-refractivity contribution in [2.75, 3.05) is 13.2 Å². The summed E-state index contributed by atoms with van der Waals surface area (Å²) in [5.41, 5.74) is 1.00. The predicted molar refractivity (Wildman–Crippen MR) is 134 cm³/mol. The standard InChI is InChI=1S/C27H40N2O5/c1-5-7-9-15-26(32)34-19-24(20(3)4)29-27(33)22(12-6-2)17-25(31)28-23(18-30)16-21-13-10-8-11-14-21/h5-6,8,10-11,13-14,20,22-24,30H,1-2,7,9,12,15-19H2,3-4H3,(H,28,31)(H,29,33). The third-order valence-corrected chi connectivity index (χ3v) is 5.51. The summed E-state index contributed by atoms with van der Waals surface area (Å²) in [6.45, 7) is 11.1. The maximum absolute atomic E-state index is 12.9. The molecule has 1 aromatic rings. The van der Waals surface area contributed by atoms with Crippen molar-refractivity contribution in [2.45, 2.75) is 64.5 Å². The molecule has 188 valence electrons. The molecule has 0 saturated heterocycles. The Bertz CT molecular complexity index is 778. The Kier molecular flexibility index (Phi) is 14.2. The fourth-order valence-electron chi connectivity index (χ4n) is 3.40. The lowest BCUT2D eigenvalue weighted by Gasteiger charge is -2.25. The Balaban J connectivity index is 2.65. The second-order valence-corrected chi connectivity index (χ2v) is 8.79. The minimum Gasteiger partial charge on any atom is -0.463 e. The molecule has 0 radical (unpaired) electrons. The van der Waals surface area contributed by atoms with E-state index in [0.29, 0.717) is 25.7 Å². The molecule has 0 heterocycles. The molecule has 3 atom stereocenters. The Morgan fingerprint density at radius 1 is 1.09 bits per heavy atom. The van der Waals surface area contributed by atoms with Gasteiger partial charge in [-0.3, -0.25) is 14.4 Å². The number of hydrogen-bond donors (Lipinski definition) is 3. The molecule has 0 fully saturated rings. The zero-order chi connectivity index (χ0) is 25.3. The van der Waals surface area contributed by atoms with Crippen LogP contribution >= 0.6 is 0 Å². The van der Waals surface area contributed by atoms with Crippen molar-refractivity contribution in [1.29, 1.82) is 0 Å². The van der Waals surface area contributed by atoms with Crippen LogP contribution in [0.25, 0.3) is 0 Å². The molecule has 0 aliphatic carbocycles. The second-order valence-electron chi connectivity index (χ2n) is 8.79. The number of carbonyl (C=O) groups is 3. The summed E-state index contributed by atoms with van der Waals surface area (Å²) in [6.07, 6.45) is 5.88. The van der Waals surface area contributed by atoms with E-state index >= 15 is 0 Å². The highest BCUT2D eigenvalue weighted by Crippen LogP contribution is 2.13. The summed E-state index contributed by atoms with van der Waals surface area (Å²) in [6, 6.07) is 8.77. The number of aliphatic hydroxyl groups is 1. The van der Waals surface area contributed by atoms with Gasteiger partial charge in [-0.15, -0.1) is 13.2 Å². The van der Waals surface area contributed by atoms with E-state index in [1.165, 1.54) is 0 Å². The predicted octanol–water partition coefficient (Wildman–Crippen LogP) is 3.33. The van der Waals surface area contributed by atoms with Crippen LogP contribution in [0.3, 0.4) is 0 Å². The number of aliphatic hydroxyl groups excluding tert-OH is 1. The van der Waals surface area contributed by atoms with Crippen molar-refractivity contribution in [2.24, 2.45) is 11.8 Å². The molecule has 0 aliphatic rings. The van der Waals surface area contributed by atoms with E-state index in [-0.39, 0.29) is 49.4 Å². The first-order chi connectivity index (χ1) is 16.3. The molecule has 34 heavy (non-hydrogen) atoms. The van der Waals surface area contributed by atoms with Crippen LogP contribution in [0.4, 0.5) is 0 Å². The molecular weight excluding hydrogens is 432 g/mol. The van der Waals surface area contributed by atoms with Crippen LogP contribution in [-0.4, -0.2) is 48.2 Å². The van der Waals surface area contributed by atoms with Gasteiger partial charge in [0.1, 0.15) is 6.61 Å². The molecule has 1 rings (SSSR count). The maximum Gasteiger partial charge on any atom is 0.305 e. The summed E-state index contributed by atoms with van der Waals surface area (Å²) in [4.78, 5) is 37.5. The molecule has 2 amide bonds. The van der Waals surface area contributed by atoms with Gasteiger partial charge in [0.2, 0.25) is 11.8 Å². The number of hydrogen-bond acceptors (Lipinski definition) is 5. The topological polar surface area (TPSA) is 105 Å². The Hall–Kier alpha value is -2.93. The highest BCUT2D eigenvalue weighted by atomic mass is 16.5. The van der Waals surface area contributed by atoms with Gasteiger partial charge in [-0.05, 0) is 37.2 Å². The molecule has 0 saturated carbocycles. The number of allylic oxidation sites excluding steroid dienone is 2. The van der Waals surface area contributed by atoms with E-state index in [1.807, 2.05) is 44.2 Å². The first-order valence-electron chi connectivity index (χ1n) is 11.9. The van der Waals surface area contributed by atoms with Gasteiger partial charge in [-0.1, -0.05) is 56.3 Å². The number of nitrogens with one attached hydrogen (secondary N) is 2. The van der Waals surface area contributed by atoms with Crippen LogP contribution in [0.1, 0.15) is 51.5 Å². The van der Waals surface area contributed by atoms with E-state index < -0.39 is 12.0 Å². The van der Waals surface area contributed by atoms with Gasteiger partial charge in [0.25, 0.3) is 0 Å². The van der Waals surface area contributed by atoms with Gasteiger partial charge in [0.05, 0.1) is 24.6 Å². The van der Waals surface area contributed by atoms with Crippen LogP contribution in [0.2, 0.25) is 0 Å². The molecule has 0 aromatic heterocycles. The molecule has 0 bridgehead atoms. The summed E-state index contributed by atoms with van der Waals surface area (Å²) in [7, 11) is 0. The lowest BCUT2D eigenvalue weighted by atomic mass is 9.97. The van der Waals surface area contributed by atoms with Crippen molar-refractivity contribution < 1.29 is 24.2 Å². The minimum absolute atomic E-state index is 0.0324. The quantitative estimate of drug-likeness (QED) is 0.183. The van der Waals surface area contributed by atoms with Gasteiger partial charge >= 0.3 is 5.97 Å². The van der Waals surface area contributed by atoms with Crippen LogP contribution in [0.5, 0.6) is 0 Å². The summed E-state index contributed by atoms with van der Waals surface area (Å²) in [5, 5.41) is 15.4. The molecule has 0 spiro atoms. The number of unbranched alkanes of at least 4 members (excludes halogenated alkanes) is 1. The third kappa shape index (κ3) is 11.8. The third-order valence-electron chi connectivity index (χ3n) is 5.51. The van der Waals surface area contributed by atoms with Gasteiger partial charge < -0.3 is 20.5 Å². The van der Waals surface area contributed by atoms with Crippen LogP contribution in [0.15, 0.2) is 55.6 Å². The fourth-order valence-corrected chi connectivity index (χ4v) is 3.40. The number of rotatable bonds is 17. The fraction of sp³-hybridized carbons (Fsp3) is 0.519. The summed E-state index contributed by atoms with van der Waals surface area (Å²) >= 11 is 0. The van der Waals surface area contributed by atoms with Gasteiger partial charge in [0.15, 0.2) is 0 Å². The van der Waals surface area contributed by atoms with Crippen molar-refractivity contribution in [1.82, 2.24) is 10.6 Å². The average Bonchev–Trinajstić information content (AvgIpc) is 2.81. The Morgan fingerprint density at radius 2 is 1.79 bits per heavy atom. The number of benzene rings is 1. The van der Waals surface area contributed by atoms with Crippen LogP contribution < -0.4 is 10.6 Å². The van der Waals surface area contributed by atoms with Crippen molar-refractivity contribution in [3.8, 4) is 0 Å². The zero-order valence-corrected chi connectivity index (χ0v) is 20.5. The molecule has 3 unspecified atom stereocenters. The van der Waals surface area contributed by atoms with Crippen molar-refractivity contribution in [3.05, 3.63) is 61.2 Å². The number of esters is 1. The van der Waals surface area contributed by atoms with E-state index in [4.69, 9.17) is 4.74 Å². The first-order valence-corrected chi connectivity index (χ1v) is 11.9. The molecule has 7 heteroatoms. The zero-order valence-electron chi connectivity index (χ0n) is 20.5. The van der Waals surface area contributed by atoms with Gasteiger partial charge in [-0.25, -0.2) is 0 Å². The van der Waals surface area contributed by atoms with Crippen molar-refractivity contribution >= 4 is 17.8 Å². The van der Waals surface area contributed by atoms with Crippen molar-refractivity contribution in [3.63, 3.8) is 0 Å². The Labute approximate surface area is 203 Å². The molecule has 3 N–H and O–H groups in total. The Morgan fingerprint density at radius 3 is 2.38 bits per heavy atom. The lowest BCUT2D eigenvalue weighted by molar-refractivity contribution is -0.145. The average molecular weight is 473 g/mol. The lowest BCUT2D eigenvalue weighted by Crippen LogP contribution is -2.46. The second kappa shape index (κ2) is 16.6. The molecule has 0 aliphatic heterocycles.